The van der Waals surface area contributed by atoms with Crippen molar-refractivity contribution >= 4 is 17.1 Å². The van der Waals surface area contributed by atoms with Crippen LogP contribution < -0.4 is 10.6 Å². The second-order valence-electron chi connectivity index (χ2n) is 4.36. The van der Waals surface area contributed by atoms with Crippen molar-refractivity contribution in [2.24, 2.45) is 0 Å². The maximum absolute atomic E-state index is 11.1. The van der Waals surface area contributed by atoms with Crippen molar-refractivity contribution in [3.05, 3.63) is 45.8 Å². The van der Waals surface area contributed by atoms with Gasteiger partial charge in [0.2, 0.25) is 0 Å². The standard InChI is InChI=1S/C12H13N5O2/c18-17(19)11-2-1-10-9(4-5-13-10)12(11)14-7-8-3-6-15-16-8/h1-3,6,13-14H,4-5,7H2,(H,15,16). The number of anilines is 2. The largest absolute Gasteiger partial charge is 0.384 e. The van der Waals surface area contributed by atoms with E-state index in [1.807, 2.05) is 6.07 Å². The first kappa shape index (κ1) is 11.5. The van der Waals surface area contributed by atoms with E-state index in [1.165, 1.54) is 6.07 Å². The molecular weight excluding hydrogens is 246 g/mol. The smallest absolute Gasteiger partial charge is 0.292 e. The fourth-order valence-corrected chi connectivity index (χ4v) is 2.30. The van der Waals surface area contributed by atoms with E-state index in [-0.39, 0.29) is 10.6 Å². The fourth-order valence-electron chi connectivity index (χ4n) is 2.30. The van der Waals surface area contributed by atoms with Crippen LogP contribution in [0.3, 0.4) is 0 Å². The SMILES string of the molecule is O=[N+]([O-])c1ccc2c(c1NCc1ccn[nH]1)CCN2. The van der Waals surface area contributed by atoms with Crippen LogP contribution in [0.4, 0.5) is 17.1 Å². The van der Waals surface area contributed by atoms with Crippen LogP contribution in [0.2, 0.25) is 0 Å². The number of benzene rings is 1. The Morgan fingerprint density at radius 2 is 2.32 bits per heavy atom. The maximum atomic E-state index is 11.1. The molecule has 7 nitrogen and oxygen atoms in total. The zero-order valence-electron chi connectivity index (χ0n) is 10.1. The Hall–Kier alpha value is -2.57. The second-order valence-corrected chi connectivity index (χ2v) is 4.36. The van der Waals surface area contributed by atoms with E-state index in [0.717, 1.165) is 29.9 Å². The topological polar surface area (TPSA) is 95.9 Å². The highest BCUT2D eigenvalue weighted by atomic mass is 16.6. The van der Waals surface area contributed by atoms with E-state index < -0.39 is 0 Å². The highest BCUT2D eigenvalue weighted by Crippen LogP contribution is 2.36. The van der Waals surface area contributed by atoms with Crippen molar-refractivity contribution in [2.45, 2.75) is 13.0 Å². The van der Waals surface area contributed by atoms with Crippen molar-refractivity contribution in [2.75, 3.05) is 17.2 Å². The molecule has 1 aromatic carbocycles. The number of fused-ring (bicyclic) bond motifs is 1. The first-order valence-electron chi connectivity index (χ1n) is 6.02. The van der Waals surface area contributed by atoms with Gasteiger partial charge in [0.1, 0.15) is 5.69 Å². The third kappa shape index (κ3) is 2.10. The van der Waals surface area contributed by atoms with Gasteiger partial charge in [-0.15, -0.1) is 0 Å². The zero-order chi connectivity index (χ0) is 13.2. The van der Waals surface area contributed by atoms with Gasteiger partial charge >= 0.3 is 0 Å². The van der Waals surface area contributed by atoms with Crippen LogP contribution in [0.1, 0.15) is 11.3 Å². The minimum Gasteiger partial charge on any atom is -0.384 e. The Morgan fingerprint density at radius 1 is 1.42 bits per heavy atom. The number of nitrogens with one attached hydrogen (secondary N) is 3. The second kappa shape index (κ2) is 4.60. The van der Waals surface area contributed by atoms with E-state index in [1.54, 1.807) is 12.3 Å². The summed E-state index contributed by atoms with van der Waals surface area (Å²) in [6, 6.07) is 5.13. The summed E-state index contributed by atoms with van der Waals surface area (Å²) >= 11 is 0. The van der Waals surface area contributed by atoms with Crippen LogP contribution >= 0.6 is 0 Å². The molecule has 3 rings (SSSR count). The highest BCUT2D eigenvalue weighted by molar-refractivity contribution is 5.77. The monoisotopic (exact) mass is 259 g/mol. The normalized spacial score (nSPS) is 12.8. The number of hydrogen-bond acceptors (Lipinski definition) is 5. The fraction of sp³-hybridized carbons (Fsp3) is 0.250. The first-order valence-corrected chi connectivity index (χ1v) is 6.02. The summed E-state index contributed by atoms with van der Waals surface area (Å²) in [4.78, 5) is 10.8. The maximum Gasteiger partial charge on any atom is 0.292 e. The number of rotatable bonds is 4. The predicted octanol–water partition coefficient (Wildman–Crippen LogP) is 1.90. The summed E-state index contributed by atoms with van der Waals surface area (Å²) in [5.74, 6) is 0. The molecule has 0 spiro atoms. The third-order valence-electron chi connectivity index (χ3n) is 3.19. The highest BCUT2D eigenvalue weighted by Gasteiger charge is 2.23. The van der Waals surface area contributed by atoms with Crippen LogP contribution in [0.25, 0.3) is 0 Å². The molecule has 0 saturated heterocycles. The van der Waals surface area contributed by atoms with Gasteiger partial charge in [-0.25, -0.2) is 0 Å². The number of nitrogens with zero attached hydrogens (tertiary/aromatic N) is 2. The first-order chi connectivity index (χ1) is 9.25. The lowest BCUT2D eigenvalue weighted by Crippen LogP contribution is -2.05. The average molecular weight is 259 g/mol. The van der Waals surface area contributed by atoms with Crippen LogP contribution in [-0.4, -0.2) is 21.7 Å². The van der Waals surface area contributed by atoms with Gasteiger partial charge in [0.15, 0.2) is 0 Å². The number of aromatic amines is 1. The molecule has 0 fully saturated rings. The van der Waals surface area contributed by atoms with Crippen LogP contribution in [0.15, 0.2) is 24.4 Å². The molecule has 0 atom stereocenters. The molecular formula is C12H13N5O2. The number of H-pyrrole nitrogens is 1. The predicted molar refractivity (Wildman–Crippen MR) is 71.2 cm³/mol. The zero-order valence-corrected chi connectivity index (χ0v) is 10.1. The third-order valence-corrected chi connectivity index (χ3v) is 3.19. The van der Waals surface area contributed by atoms with Crippen molar-refractivity contribution in [3.63, 3.8) is 0 Å². The number of hydrogen-bond donors (Lipinski definition) is 3. The molecule has 3 N–H and O–H groups in total. The van der Waals surface area contributed by atoms with Crippen LogP contribution in [0, 0.1) is 10.1 Å². The van der Waals surface area contributed by atoms with E-state index in [4.69, 9.17) is 0 Å². The van der Waals surface area contributed by atoms with Gasteiger partial charge < -0.3 is 10.6 Å². The molecule has 1 aromatic heterocycles. The molecule has 1 aliphatic heterocycles. The average Bonchev–Trinajstić information content (AvgIpc) is 3.06. The molecule has 7 heteroatoms. The molecule has 0 unspecified atom stereocenters. The molecule has 0 aliphatic carbocycles. The van der Waals surface area contributed by atoms with Crippen LogP contribution in [0.5, 0.6) is 0 Å². The van der Waals surface area contributed by atoms with E-state index in [2.05, 4.69) is 20.8 Å². The van der Waals surface area contributed by atoms with Gasteiger partial charge in [-0.1, -0.05) is 0 Å². The Morgan fingerprint density at radius 3 is 3.05 bits per heavy atom. The molecule has 1 aliphatic rings. The summed E-state index contributed by atoms with van der Waals surface area (Å²) in [5.41, 5.74) is 3.55. The van der Waals surface area contributed by atoms with Gasteiger partial charge in [0, 0.05) is 30.1 Å². The lowest BCUT2D eigenvalue weighted by molar-refractivity contribution is -0.384. The molecule has 2 aromatic rings. The minimum atomic E-state index is -0.353. The molecule has 0 bridgehead atoms. The lowest BCUT2D eigenvalue weighted by atomic mass is 10.1. The number of nitro benzene ring substituents is 1. The number of aromatic nitrogens is 2. The summed E-state index contributed by atoms with van der Waals surface area (Å²) in [6.07, 6.45) is 2.45. The summed E-state index contributed by atoms with van der Waals surface area (Å²) in [6.45, 7) is 1.30. The summed E-state index contributed by atoms with van der Waals surface area (Å²) in [5, 5.41) is 24.1. The van der Waals surface area contributed by atoms with Gasteiger partial charge in [-0.05, 0) is 18.6 Å². The van der Waals surface area contributed by atoms with E-state index in [9.17, 15) is 10.1 Å². The Kier molecular flexibility index (Phi) is 2.79. The van der Waals surface area contributed by atoms with Gasteiger partial charge in [-0.2, -0.15) is 5.10 Å². The Bertz CT molecular complexity index is 609. The van der Waals surface area contributed by atoms with Crippen molar-refractivity contribution in [1.29, 1.82) is 0 Å². The van der Waals surface area contributed by atoms with E-state index >= 15 is 0 Å². The quantitative estimate of drug-likeness (QED) is 0.575. The summed E-state index contributed by atoms with van der Waals surface area (Å²) < 4.78 is 0. The minimum absolute atomic E-state index is 0.113. The van der Waals surface area contributed by atoms with Crippen molar-refractivity contribution < 1.29 is 4.92 Å². The lowest BCUT2D eigenvalue weighted by Gasteiger charge is -2.10. The van der Waals surface area contributed by atoms with Crippen molar-refractivity contribution in [3.8, 4) is 0 Å². The molecule has 0 saturated carbocycles. The molecule has 0 amide bonds. The van der Waals surface area contributed by atoms with Gasteiger partial charge in [0.25, 0.3) is 5.69 Å². The van der Waals surface area contributed by atoms with Crippen LogP contribution in [-0.2, 0) is 13.0 Å². The van der Waals surface area contributed by atoms with Gasteiger partial charge in [-0.3, -0.25) is 15.2 Å². The molecule has 0 radical (unpaired) electrons. The number of nitro groups is 1. The van der Waals surface area contributed by atoms with Crippen molar-refractivity contribution in [1.82, 2.24) is 10.2 Å². The summed E-state index contributed by atoms with van der Waals surface area (Å²) in [7, 11) is 0. The Labute approximate surface area is 109 Å². The molecule has 98 valence electrons. The molecule has 2 heterocycles. The molecule has 19 heavy (non-hydrogen) atoms. The van der Waals surface area contributed by atoms with E-state index in [0.29, 0.717) is 12.2 Å². The Balaban J connectivity index is 1.93. The van der Waals surface area contributed by atoms with Gasteiger partial charge in [0.05, 0.1) is 17.2 Å².